The van der Waals surface area contributed by atoms with E-state index in [9.17, 15) is 4.79 Å². The van der Waals surface area contributed by atoms with Crippen molar-refractivity contribution in [1.29, 1.82) is 0 Å². The van der Waals surface area contributed by atoms with Crippen LogP contribution in [0.4, 0.5) is 0 Å². The highest BCUT2D eigenvalue weighted by Gasteiger charge is 2.31. The van der Waals surface area contributed by atoms with Crippen LogP contribution in [0.5, 0.6) is 0 Å². The third-order valence-electron chi connectivity index (χ3n) is 3.48. The number of rotatable bonds is 3. The van der Waals surface area contributed by atoms with Gasteiger partial charge >= 0.3 is 5.97 Å². The van der Waals surface area contributed by atoms with Gasteiger partial charge in [-0.25, -0.2) is 9.78 Å². The molecule has 0 spiro atoms. The number of aromatic nitrogens is 1. The Morgan fingerprint density at radius 1 is 1.52 bits per heavy atom. The minimum absolute atomic E-state index is 0.0184. The van der Waals surface area contributed by atoms with Crippen molar-refractivity contribution < 1.29 is 14.3 Å². The fraction of sp³-hybridized carbons (Fsp3) is 0.733. The molecule has 1 aliphatic rings. The summed E-state index contributed by atoms with van der Waals surface area (Å²) in [6.45, 7) is 10.6. The van der Waals surface area contributed by atoms with E-state index in [1.807, 2.05) is 6.92 Å². The fourth-order valence-electron chi connectivity index (χ4n) is 2.35. The molecule has 2 atom stereocenters. The average molecular weight is 312 g/mol. The fourth-order valence-corrected chi connectivity index (χ4v) is 3.41. The predicted molar refractivity (Wildman–Crippen MR) is 82.4 cm³/mol. The lowest BCUT2D eigenvalue weighted by molar-refractivity contribution is -0.166. The molecule has 5 nitrogen and oxygen atoms in total. The van der Waals surface area contributed by atoms with E-state index < -0.39 is 6.10 Å². The van der Waals surface area contributed by atoms with E-state index in [0.717, 1.165) is 23.8 Å². The molecule has 2 rings (SSSR count). The van der Waals surface area contributed by atoms with Crippen LogP contribution in [-0.4, -0.2) is 48.3 Å². The molecule has 1 aliphatic heterocycles. The third-order valence-corrected chi connectivity index (χ3v) is 4.31. The largest absolute Gasteiger partial charge is 0.467 e. The second-order valence-corrected chi connectivity index (χ2v) is 7.47. The molecule has 0 bridgehead atoms. The highest BCUT2D eigenvalue weighted by molar-refractivity contribution is 7.09. The molecule has 6 heteroatoms. The quantitative estimate of drug-likeness (QED) is 0.801. The van der Waals surface area contributed by atoms with Gasteiger partial charge < -0.3 is 9.47 Å². The molecule has 0 saturated carbocycles. The summed E-state index contributed by atoms with van der Waals surface area (Å²) in [5, 5.41) is 3.20. The number of carbonyl (C=O) groups is 1. The summed E-state index contributed by atoms with van der Waals surface area (Å²) in [5.41, 5.74) is 1.19. The Labute approximate surface area is 130 Å². The number of hydrogen-bond donors (Lipinski definition) is 0. The molecule has 118 valence electrons. The third kappa shape index (κ3) is 4.25. The van der Waals surface area contributed by atoms with Gasteiger partial charge in [0, 0.05) is 23.9 Å². The van der Waals surface area contributed by atoms with Crippen molar-refractivity contribution >= 4 is 17.3 Å². The summed E-state index contributed by atoms with van der Waals surface area (Å²) in [5.74, 6) is -0.305. The predicted octanol–water partition coefficient (Wildman–Crippen LogP) is 2.20. The van der Waals surface area contributed by atoms with Gasteiger partial charge in [-0.15, -0.1) is 11.3 Å². The van der Waals surface area contributed by atoms with E-state index in [1.54, 1.807) is 11.3 Å². The lowest BCUT2D eigenvalue weighted by Gasteiger charge is -2.34. The molecule has 2 heterocycles. The number of esters is 1. The van der Waals surface area contributed by atoms with E-state index >= 15 is 0 Å². The molecule has 0 radical (unpaired) electrons. The molecule has 1 saturated heterocycles. The highest BCUT2D eigenvalue weighted by Crippen LogP contribution is 2.25. The number of thiazole rings is 1. The molecular formula is C15H24N2O3S. The lowest BCUT2D eigenvalue weighted by Crippen LogP contribution is -2.49. The van der Waals surface area contributed by atoms with Crippen molar-refractivity contribution in [1.82, 2.24) is 9.88 Å². The van der Waals surface area contributed by atoms with E-state index in [0.29, 0.717) is 6.54 Å². The maximum absolute atomic E-state index is 11.7. The van der Waals surface area contributed by atoms with Crippen molar-refractivity contribution in [2.75, 3.05) is 20.2 Å². The molecule has 0 aromatic carbocycles. The first kappa shape index (κ1) is 16.4. The Kier molecular flexibility index (Phi) is 5.01. The SMILES string of the molecule is COC(=O)C1CN(Cc2nc(C(C)(C)C)cs2)C[C@@H](C)O1. The van der Waals surface area contributed by atoms with E-state index in [-0.39, 0.29) is 17.5 Å². The monoisotopic (exact) mass is 312 g/mol. The summed E-state index contributed by atoms with van der Waals surface area (Å²) in [6, 6.07) is 0. The Morgan fingerprint density at radius 2 is 2.24 bits per heavy atom. The standard InChI is InChI=1S/C15H24N2O3S/c1-10-6-17(7-11(20-10)14(18)19-5)8-13-16-12(9-21-13)15(2,3)4/h9-11H,6-8H2,1-5H3/t10-,11?/m1/s1. The van der Waals surface area contributed by atoms with E-state index in [4.69, 9.17) is 14.5 Å². The first-order valence-corrected chi connectivity index (χ1v) is 8.08. The second-order valence-electron chi connectivity index (χ2n) is 6.53. The smallest absolute Gasteiger partial charge is 0.336 e. The summed E-state index contributed by atoms with van der Waals surface area (Å²) in [4.78, 5) is 18.6. The van der Waals surface area contributed by atoms with Gasteiger partial charge in [-0.05, 0) is 6.92 Å². The average Bonchev–Trinajstić information content (AvgIpc) is 2.85. The molecule has 1 fully saturated rings. The van der Waals surface area contributed by atoms with Crippen LogP contribution < -0.4 is 0 Å². The maximum Gasteiger partial charge on any atom is 0.336 e. The number of methoxy groups -OCH3 is 1. The number of ether oxygens (including phenoxy) is 2. The zero-order chi connectivity index (χ0) is 15.6. The molecule has 0 aliphatic carbocycles. The van der Waals surface area contributed by atoms with Gasteiger partial charge in [0.25, 0.3) is 0 Å². The topological polar surface area (TPSA) is 51.7 Å². The van der Waals surface area contributed by atoms with Crippen molar-refractivity contribution in [3.63, 3.8) is 0 Å². The van der Waals surface area contributed by atoms with Crippen LogP contribution >= 0.6 is 11.3 Å². The van der Waals surface area contributed by atoms with Gasteiger partial charge in [-0.1, -0.05) is 20.8 Å². The molecule has 1 aromatic rings. The van der Waals surface area contributed by atoms with Crippen LogP contribution in [0, 0.1) is 0 Å². The highest BCUT2D eigenvalue weighted by atomic mass is 32.1. The lowest BCUT2D eigenvalue weighted by atomic mass is 9.93. The van der Waals surface area contributed by atoms with Gasteiger partial charge in [0.05, 0.1) is 25.5 Å². The Hall–Kier alpha value is -0.980. The number of morpholine rings is 1. The molecule has 1 unspecified atom stereocenters. The zero-order valence-electron chi connectivity index (χ0n) is 13.4. The van der Waals surface area contributed by atoms with Gasteiger partial charge in [0.15, 0.2) is 6.10 Å². The maximum atomic E-state index is 11.7. The van der Waals surface area contributed by atoms with Crippen LogP contribution in [-0.2, 0) is 26.2 Å². The summed E-state index contributed by atoms with van der Waals surface area (Å²) in [7, 11) is 1.39. The summed E-state index contributed by atoms with van der Waals surface area (Å²) < 4.78 is 10.4. The van der Waals surface area contributed by atoms with Crippen LogP contribution in [0.2, 0.25) is 0 Å². The van der Waals surface area contributed by atoms with Crippen LogP contribution in [0.1, 0.15) is 38.4 Å². The first-order valence-electron chi connectivity index (χ1n) is 7.20. The van der Waals surface area contributed by atoms with Gasteiger partial charge in [0.1, 0.15) is 5.01 Å². The van der Waals surface area contributed by atoms with Crippen molar-refractivity contribution in [3.05, 3.63) is 16.1 Å². The number of carbonyl (C=O) groups excluding carboxylic acids is 1. The Balaban J connectivity index is 2.01. The number of hydrogen-bond acceptors (Lipinski definition) is 6. The normalized spacial score (nSPS) is 24.0. The Morgan fingerprint density at radius 3 is 2.81 bits per heavy atom. The molecular weight excluding hydrogens is 288 g/mol. The van der Waals surface area contributed by atoms with Crippen molar-refractivity contribution in [3.8, 4) is 0 Å². The van der Waals surface area contributed by atoms with Crippen LogP contribution in [0.3, 0.4) is 0 Å². The zero-order valence-corrected chi connectivity index (χ0v) is 14.2. The first-order chi connectivity index (χ1) is 9.79. The van der Waals surface area contributed by atoms with Crippen molar-refractivity contribution in [2.24, 2.45) is 0 Å². The van der Waals surface area contributed by atoms with Gasteiger partial charge in [-0.2, -0.15) is 0 Å². The minimum atomic E-state index is -0.499. The van der Waals surface area contributed by atoms with E-state index in [1.165, 1.54) is 7.11 Å². The minimum Gasteiger partial charge on any atom is -0.467 e. The Bertz CT molecular complexity index is 495. The van der Waals surface area contributed by atoms with E-state index in [2.05, 4.69) is 31.1 Å². The molecule has 1 aromatic heterocycles. The van der Waals surface area contributed by atoms with Gasteiger partial charge in [0.2, 0.25) is 0 Å². The van der Waals surface area contributed by atoms with Crippen LogP contribution in [0.25, 0.3) is 0 Å². The van der Waals surface area contributed by atoms with Gasteiger partial charge in [-0.3, -0.25) is 4.90 Å². The summed E-state index contributed by atoms with van der Waals surface area (Å²) >= 11 is 1.68. The molecule has 21 heavy (non-hydrogen) atoms. The van der Waals surface area contributed by atoms with Crippen LogP contribution in [0.15, 0.2) is 5.38 Å². The van der Waals surface area contributed by atoms with Crippen molar-refractivity contribution in [2.45, 2.75) is 51.9 Å². The second kappa shape index (κ2) is 6.42. The summed E-state index contributed by atoms with van der Waals surface area (Å²) in [6.07, 6.45) is -0.481. The molecule has 0 N–H and O–H groups in total. The molecule has 0 amide bonds. The number of nitrogens with zero attached hydrogens (tertiary/aromatic N) is 2.